The Balaban J connectivity index is 1.84. The fraction of sp³-hybridized carbons (Fsp3) is 0.391. The average Bonchev–Trinajstić information content (AvgIpc) is 3.08. The molecule has 3 rings (SSSR count). The number of aromatic nitrogens is 2. The fourth-order valence-electron chi connectivity index (χ4n) is 3.43. The third-order valence-electron chi connectivity index (χ3n) is 5.12. The molecule has 0 spiro atoms. The van der Waals surface area contributed by atoms with Gasteiger partial charge in [0.05, 0.1) is 18.3 Å². The number of aliphatic hydroxyl groups is 1. The van der Waals surface area contributed by atoms with E-state index < -0.39 is 0 Å². The van der Waals surface area contributed by atoms with Crippen LogP contribution >= 0.6 is 0 Å². The van der Waals surface area contributed by atoms with E-state index in [1.54, 1.807) is 54.8 Å². The van der Waals surface area contributed by atoms with Crippen molar-refractivity contribution in [3.8, 4) is 5.75 Å². The molecule has 0 bridgehead atoms. The van der Waals surface area contributed by atoms with E-state index in [0.717, 1.165) is 12.8 Å². The predicted molar refractivity (Wildman–Crippen MR) is 113 cm³/mol. The number of hydrogen-bond acceptors (Lipinski definition) is 4. The van der Waals surface area contributed by atoms with Gasteiger partial charge in [-0.05, 0) is 38.0 Å². The molecule has 0 saturated carbocycles. The summed E-state index contributed by atoms with van der Waals surface area (Å²) in [4.78, 5) is 17.4. The predicted octanol–water partition coefficient (Wildman–Crippen LogP) is 3.95. The summed E-state index contributed by atoms with van der Waals surface area (Å²) in [7, 11) is 0. The number of carbonyl (C=O) groups is 1. The molecule has 0 aliphatic rings. The molecule has 1 aromatic carbocycles. The Morgan fingerprint density at radius 2 is 2.10 bits per heavy atom. The Hall–Kier alpha value is -2.93. The van der Waals surface area contributed by atoms with Crippen LogP contribution in [0.3, 0.4) is 0 Å². The molecule has 0 aliphatic carbocycles. The molecule has 0 aliphatic heterocycles. The number of ether oxygens (including phenoxy) is 1. The number of unbranched alkanes of at least 4 members (excludes halogenated alkanes) is 1. The highest BCUT2D eigenvalue weighted by molar-refractivity contribution is 5.95. The summed E-state index contributed by atoms with van der Waals surface area (Å²) in [6, 6.07) is 8.38. The van der Waals surface area contributed by atoms with Crippen LogP contribution in [-0.2, 0) is 6.61 Å². The summed E-state index contributed by atoms with van der Waals surface area (Å²) in [6.07, 6.45) is 4.36. The first-order valence-electron chi connectivity index (χ1n) is 10.2. The van der Waals surface area contributed by atoms with Gasteiger partial charge in [0.1, 0.15) is 18.1 Å². The van der Waals surface area contributed by atoms with Gasteiger partial charge in [0.15, 0.2) is 11.4 Å². The van der Waals surface area contributed by atoms with E-state index in [2.05, 4.69) is 17.2 Å². The van der Waals surface area contributed by atoms with Crippen molar-refractivity contribution in [2.45, 2.75) is 52.7 Å². The first-order valence-corrected chi connectivity index (χ1v) is 10.2. The van der Waals surface area contributed by atoms with Crippen molar-refractivity contribution in [3.63, 3.8) is 0 Å². The molecule has 2 aromatic heterocycles. The van der Waals surface area contributed by atoms with Crippen molar-refractivity contribution < 1.29 is 19.0 Å². The van der Waals surface area contributed by atoms with E-state index in [1.165, 1.54) is 0 Å². The second-order valence-corrected chi connectivity index (χ2v) is 7.44. The lowest BCUT2D eigenvalue weighted by molar-refractivity contribution is 0.0905. The number of fused-ring (bicyclic) bond motifs is 1. The number of hydrogen-bond donors (Lipinski definition) is 2. The van der Waals surface area contributed by atoms with Crippen LogP contribution in [0.4, 0.5) is 4.39 Å². The van der Waals surface area contributed by atoms with Crippen molar-refractivity contribution in [2.75, 3.05) is 6.61 Å². The monoisotopic (exact) mass is 413 g/mol. The first kappa shape index (κ1) is 21.8. The Labute approximate surface area is 175 Å². The molecule has 0 fully saturated rings. The molecule has 30 heavy (non-hydrogen) atoms. The maximum absolute atomic E-state index is 14.3. The van der Waals surface area contributed by atoms with Gasteiger partial charge in [0, 0.05) is 11.8 Å². The van der Waals surface area contributed by atoms with Crippen LogP contribution in [0, 0.1) is 19.7 Å². The van der Waals surface area contributed by atoms with Crippen LogP contribution in [0.2, 0.25) is 0 Å². The SMILES string of the molecule is CCCCC(CO)NC(=O)c1c(C)nc2c(OCc3cccc(C)c3F)cccn12. The van der Waals surface area contributed by atoms with E-state index in [9.17, 15) is 14.3 Å². The molecule has 160 valence electrons. The maximum Gasteiger partial charge on any atom is 0.270 e. The molecule has 2 heterocycles. The fourth-order valence-corrected chi connectivity index (χ4v) is 3.43. The van der Waals surface area contributed by atoms with Crippen LogP contribution < -0.4 is 10.1 Å². The third kappa shape index (κ3) is 4.62. The Morgan fingerprint density at radius 3 is 2.83 bits per heavy atom. The van der Waals surface area contributed by atoms with Crippen LogP contribution in [0.15, 0.2) is 36.5 Å². The molecule has 6 nitrogen and oxygen atoms in total. The lowest BCUT2D eigenvalue weighted by atomic mass is 10.1. The molecule has 7 heteroatoms. The van der Waals surface area contributed by atoms with E-state index in [4.69, 9.17) is 4.74 Å². The Bertz CT molecular complexity index is 1030. The van der Waals surface area contributed by atoms with Gasteiger partial charge in [-0.2, -0.15) is 0 Å². The van der Waals surface area contributed by atoms with Gasteiger partial charge in [-0.3, -0.25) is 9.20 Å². The molecule has 0 saturated heterocycles. The topological polar surface area (TPSA) is 75.9 Å². The van der Waals surface area contributed by atoms with Gasteiger partial charge >= 0.3 is 0 Å². The Morgan fingerprint density at radius 1 is 1.30 bits per heavy atom. The summed E-state index contributed by atoms with van der Waals surface area (Å²) < 4.78 is 21.8. The quantitative estimate of drug-likeness (QED) is 0.557. The van der Waals surface area contributed by atoms with E-state index in [0.29, 0.717) is 40.3 Å². The number of nitrogens with zero attached hydrogens (tertiary/aromatic N) is 2. The van der Waals surface area contributed by atoms with Crippen molar-refractivity contribution in [2.24, 2.45) is 0 Å². The number of pyridine rings is 1. The molecule has 3 aromatic rings. The summed E-state index contributed by atoms with van der Waals surface area (Å²) in [6.45, 7) is 5.48. The highest BCUT2D eigenvalue weighted by atomic mass is 19.1. The van der Waals surface area contributed by atoms with Gasteiger partial charge in [-0.15, -0.1) is 0 Å². The largest absolute Gasteiger partial charge is 0.485 e. The molecular weight excluding hydrogens is 385 g/mol. The lowest BCUT2D eigenvalue weighted by Crippen LogP contribution is -2.38. The van der Waals surface area contributed by atoms with Crippen LogP contribution in [-0.4, -0.2) is 33.0 Å². The zero-order valence-electron chi connectivity index (χ0n) is 17.6. The third-order valence-corrected chi connectivity index (χ3v) is 5.12. The van der Waals surface area contributed by atoms with Gasteiger partial charge < -0.3 is 15.2 Å². The molecule has 1 unspecified atom stereocenters. The van der Waals surface area contributed by atoms with E-state index in [-0.39, 0.29) is 31.0 Å². The number of amides is 1. The maximum atomic E-state index is 14.3. The minimum absolute atomic E-state index is 0.0598. The first-order chi connectivity index (χ1) is 14.5. The summed E-state index contributed by atoms with van der Waals surface area (Å²) in [5.74, 6) is -0.117. The van der Waals surface area contributed by atoms with Crippen molar-refractivity contribution in [1.82, 2.24) is 14.7 Å². The standard InChI is InChI=1S/C23H28FN3O3/c1-4-5-10-18(13-28)26-23(29)21-16(3)25-22-19(11-7-12-27(21)22)30-14-17-9-6-8-15(2)20(17)24/h6-9,11-12,18,28H,4-5,10,13-14H2,1-3H3,(H,26,29). The van der Waals surface area contributed by atoms with Gasteiger partial charge in [0.2, 0.25) is 0 Å². The second-order valence-electron chi connectivity index (χ2n) is 7.44. The number of carbonyl (C=O) groups excluding carboxylic acids is 1. The number of benzene rings is 1. The summed E-state index contributed by atoms with van der Waals surface area (Å²) in [5, 5.41) is 12.4. The zero-order valence-corrected chi connectivity index (χ0v) is 17.6. The summed E-state index contributed by atoms with van der Waals surface area (Å²) >= 11 is 0. The average molecular weight is 413 g/mol. The number of aryl methyl sites for hydroxylation is 2. The smallest absolute Gasteiger partial charge is 0.270 e. The van der Waals surface area contributed by atoms with Gasteiger partial charge in [-0.25, -0.2) is 9.37 Å². The molecular formula is C23H28FN3O3. The molecule has 1 amide bonds. The van der Waals surface area contributed by atoms with Gasteiger partial charge in [-0.1, -0.05) is 38.0 Å². The number of aliphatic hydroxyl groups excluding tert-OH is 1. The van der Waals surface area contributed by atoms with Gasteiger partial charge in [0.25, 0.3) is 5.91 Å². The minimum atomic E-state index is -0.300. The van der Waals surface area contributed by atoms with Crippen LogP contribution in [0.25, 0.3) is 5.65 Å². The molecule has 1 atom stereocenters. The van der Waals surface area contributed by atoms with Crippen LogP contribution in [0.1, 0.15) is 53.5 Å². The van der Waals surface area contributed by atoms with Crippen molar-refractivity contribution in [3.05, 3.63) is 64.9 Å². The van der Waals surface area contributed by atoms with E-state index >= 15 is 0 Å². The van der Waals surface area contributed by atoms with Crippen molar-refractivity contribution >= 4 is 11.6 Å². The second kappa shape index (κ2) is 9.71. The number of nitrogens with one attached hydrogen (secondary N) is 1. The normalized spacial score (nSPS) is 12.2. The van der Waals surface area contributed by atoms with Crippen molar-refractivity contribution in [1.29, 1.82) is 0 Å². The number of halogens is 1. The molecule has 0 radical (unpaired) electrons. The minimum Gasteiger partial charge on any atom is -0.485 e. The zero-order chi connectivity index (χ0) is 21.7. The molecule has 2 N–H and O–H groups in total. The summed E-state index contributed by atoms with van der Waals surface area (Å²) in [5.41, 5.74) is 2.46. The Kier molecular flexibility index (Phi) is 7.05. The highest BCUT2D eigenvalue weighted by Gasteiger charge is 2.21. The highest BCUT2D eigenvalue weighted by Crippen LogP contribution is 2.24. The number of rotatable bonds is 9. The lowest BCUT2D eigenvalue weighted by Gasteiger charge is -2.16. The number of imidazole rings is 1. The van der Waals surface area contributed by atoms with Crippen LogP contribution in [0.5, 0.6) is 5.75 Å². The van der Waals surface area contributed by atoms with E-state index in [1.807, 2.05) is 0 Å².